The van der Waals surface area contributed by atoms with Crippen LogP contribution < -0.4 is 15.4 Å². The largest absolute Gasteiger partial charge is 0.462 e. The number of carbonyl (C=O) groups excluding carboxylic acids is 1. The molecule has 0 fully saturated rings. The lowest BCUT2D eigenvalue weighted by Crippen LogP contribution is -2.10. The summed E-state index contributed by atoms with van der Waals surface area (Å²) in [4.78, 5) is 16.0. The Balaban J connectivity index is 1.80. The predicted octanol–water partition coefficient (Wildman–Crippen LogP) is 4.62. The molecule has 0 radical (unpaired) electrons. The van der Waals surface area contributed by atoms with Crippen LogP contribution >= 0.6 is 11.6 Å². The molecule has 1 heterocycles. The minimum atomic E-state index is -0.348. The monoisotopic (exact) mass is 397 g/mol. The summed E-state index contributed by atoms with van der Waals surface area (Å²) in [7, 11) is 0. The van der Waals surface area contributed by atoms with Crippen LogP contribution in [0.25, 0.3) is 0 Å². The molecule has 1 aliphatic rings. The molecule has 3 N–H and O–H groups in total. The summed E-state index contributed by atoms with van der Waals surface area (Å²) in [5.74, 6) is 1.67. The molecule has 0 saturated carbocycles. The number of hydrogen-bond donors (Lipinski definition) is 3. The number of carbonyl (C=O) groups is 1. The van der Waals surface area contributed by atoms with E-state index in [4.69, 9.17) is 16.3 Å². The number of aliphatic hydroxyl groups is 1. The van der Waals surface area contributed by atoms with E-state index in [9.17, 15) is 9.90 Å². The van der Waals surface area contributed by atoms with Gasteiger partial charge in [-0.25, -0.2) is 4.98 Å². The van der Waals surface area contributed by atoms with Crippen LogP contribution in [-0.2, 0) is 11.4 Å². The first-order valence-electron chi connectivity index (χ1n) is 8.71. The second-order valence-electron chi connectivity index (χ2n) is 6.08. The van der Waals surface area contributed by atoms with Crippen molar-refractivity contribution in [2.24, 2.45) is 0 Å². The standard InChI is InChI=1S/C21H20ClN3O3/c1-2-21(27)25-19-11-14(13-26)3-8-18(19)24-20-12-17(9-10-23-20)28-16-6-4-15(22)5-7-16/h2-4,6,8-12,26H,1,5,7,13H2,(H,23,24)(H,25,27). The number of benzene rings is 1. The molecule has 6 nitrogen and oxygen atoms in total. The van der Waals surface area contributed by atoms with Gasteiger partial charge in [0.15, 0.2) is 0 Å². The number of amides is 1. The average molecular weight is 398 g/mol. The predicted molar refractivity (Wildman–Crippen MR) is 111 cm³/mol. The van der Waals surface area contributed by atoms with E-state index < -0.39 is 0 Å². The molecule has 1 amide bonds. The minimum Gasteiger partial charge on any atom is -0.462 e. The molecule has 2 aromatic rings. The van der Waals surface area contributed by atoms with E-state index in [0.29, 0.717) is 28.5 Å². The van der Waals surface area contributed by atoms with Crippen molar-refractivity contribution in [1.29, 1.82) is 0 Å². The van der Waals surface area contributed by atoms with Crippen molar-refractivity contribution >= 4 is 34.7 Å². The maximum absolute atomic E-state index is 11.7. The van der Waals surface area contributed by atoms with Crippen LogP contribution in [0.2, 0.25) is 0 Å². The topological polar surface area (TPSA) is 83.5 Å². The van der Waals surface area contributed by atoms with Gasteiger partial charge < -0.3 is 20.5 Å². The van der Waals surface area contributed by atoms with Gasteiger partial charge in [0.2, 0.25) is 5.91 Å². The molecule has 0 saturated heterocycles. The van der Waals surface area contributed by atoms with E-state index in [-0.39, 0.29) is 12.5 Å². The van der Waals surface area contributed by atoms with Crippen LogP contribution in [0.15, 0.2) is 72.1 Å². The number of anilines is 3. The SMILES string of the molecule is C=CC(=O)Nc1cc(CO)ccc1Nc1cc(OC2=CC=C(Cl)CC2)ccn1. The average Bonchev–Trinajstić information content (AvgIpc) is 2.71. The third-order valence-electron chi connectivity index (χ3n) is 4.01. The fourth-order valence-electron chi connectivity index (χ4n) is 2.60. The fraction of sp³-hybridized carbons (Fsp3) is 0.143. The first kappa shape index (κ1) is 19.7. The van der Waals surface area contributed by atoms with E-state index in [1.165, 1.54) is 6.08 Å². The molecular formula is C21H20ClN3O3. The van der Waals surface area contributed by atoms with Crippen LogP contribution in [0, 0.1) is 0 Å². The van der Waals surface area contributed by atoms with E-state index in [2.05, 4.69) is 22.2 Å². The molecule has 3 rings (SSSR count). The van der Waals surface area contributed by atoms with E-state index in [1.54, 1.807) is 36.5 Å². The summed E-state index contributed by atoms with van der Waals surface area (Å²) in [5.41, 5.74) is 1.81. The van der Waals surface area contributed by atoms with Gasteiger partial charge in [0.1, 0.15) is 17.3 Å². The van der Waals surface area contributed by atoms with Gasteiger partial charge in [-0.1, -0.05) is 24.2 Å². The number of ether oxygens (including phenoxy) is 1. The number of hydrogen-bond acceptors (Lipinski definition) is 5. The second-order valence-corrected chi connectivity index (χ2v) is 6.57. The third-order valence-corrected chi connectivity index (χ3v) is 4.33. The summed E-state index contributed by atoms with van der Waals surface area (Å²) in [6.45, 7) is 3.32. The Kier molecular flexibility index (Phi) is 6.47. The van der Waals surface area contributed by atoms with Gasteiger partial charge in [0.25, 0.3) is 0 Å². The fourth-order valence-corrected chi connectivity index (χ4v) is 2.75. The number of aromatic nitrogens is 1. The van der Waals surface area contributed by atoms with Gasteiger partial charge in [-0.05, 0) is 48.4 Å². The highest BCUT2D eigenvalue weighted by atomic mass is 35.5. The lowest BCUT2D eigenvalue weighted by atomic mass is 10.1. The Morgan fingerprint density at radius 3 is 2.82 bits per heavy atom. The lowest BCUT2D eigenvalue weighted by molar-refractivity contribution is -0.111. The van der Waals surface area contributed by atoms with Crippen LogP contribution in [0.1, 0.15) is 18.4 Å². The van der Waals surface area contributed by atoms with Crippen LogP contribution in [-0.4, -0.2) is 16.0 Å². The van der Waals surface area contributed by atoms with Crippen LogP contribution in [0.4, 0.5) is 17.2 Å². The zero-order chi connectivity index (χ0) is 19.9. The zero-order valence-corrected chi connectivity index (χ0v) is 15.9. The lowest BCUT2D eigenvalue weighted by Gasteiger charge is -2.15. The van der Waals surface area contributed by atoms with Gasteiger partial charge in [-0.15, -0.1) is 0 Å². The molecule has 0 spiro atoms. The molecular weight excluding hydrogens is 378 g/mol. The van der Waals surface area contributed by atoms with Crippen molar-refractivity contribution in [3.05, 3.63) is 77.7 Å². The molecule has 0 aliphatic heterocycles. The highest BCUT2D eigenvalue weighted by Gasteiger charge is 2.10. The summed E-state index contributed by atoms with van der Waals surface area (Å²) < 4.78 is 5.89. The molecule has 7 heteroatoms. The maximum Gasteiger partial charge on any atom is 0.247 e. The second kappa shape index (κ2) is 9.21. The molecule has 28 heavy (non-hydrogen) atoms. The van der Waals surface area contributed by atoms with Crippen molar-refractivity contribution in [3.8, 4) is 5.75 Å². The number of rotatable bonds is 7. The molecule has 0 bridgehead atoms. The van der Waals surface area contributed by atoms with Gasteiger partial charge in [-0.2, -0.15) is 0 Å². The van der Waals surface area contributed by atoms with Crippen LogP contribution in [0.5, 0.6) is 5.75 Å². The number of aliphatic hydroxyl groups excluding tert-OH is 1. The summed E-state index contributed by atoms with van der Waals surface area (Å²) in [6, 6.07) is 8.74. The smallest absolute Gasteiger partial charge is 0.247 e. The third kappa shape index (κ3) is 5.22. The van der Waals surface area contributed by atoms with Crippen molar-refractivity contribution in [1.82, 2.24) is 4.98 Å². The zero-order valence-electron chi connectivity index (χ0n) is 15.1. The van der Waals surface area contributed by atoms with E-state index in [0.717, 1.165) is 23.6 Å². The van der Waals surface area contributed by atoms with Gasteiger partial charge in [-0.3, -0.25) is 4.79 Å². The highest BCUT2D eigenvalue weighted by Crippen LogP contribution is 2.29. The molecule has 144 valence electrons. The van der Waals surface area contributed by atoms with E-state index >= 15 is 0 Å². The first-order valence-corrected chi connectivity index (χ1v) is 9.08. The van der Waals surface area contributed by atoms with Crippen molar-refractivity contribution in [3.63, 3.8) is 0 Å². The number of pyridine rings is 1. The Hall–Kier alpha value is -3.09. The van der Waals surface area contributed by atoms with Gasteiger partial charge >= 0.3 is 0 Å². The maximum atomic E-state index is 11.7. The van der Waals surface area contributed by atoms with E-state index in [1.807, 2.05) is 12.2 Å². The molecule has 1 aliphatic carbocycles. The Morgan fingerprint density at radius 2 is 2.11 bits per heavy atom. The Labute approximate surface area is 168 Å². The quantitative estimate of drug-likeness (QED) is 0.593. The molecule has 1 aromatic heterocycles. The molecule has 0 atom stereocenters. The Bertz CT molecular complexity index is 954. The normalized spacial score (nSPS) is 13.2. The van der Waals surface area contributed by atoms with Crippen molar-refractivity contribution in [2.75, 3.05) is 10.6 Å². The van der Waals surface area contributed by atoms with Crippen molar-refractivity contribution < 1.29 is 14.6 Å². The molecule has 0 unspecified atom stereocenters. The van der Waals surface area contributed by atoms with Crippen molar-refractivity contribution in [2.45, 2.75) is 19.4 Å². The summed E-state index contributed by atoms with van der Waals surface area (Å²) in [6.07, 6.45) is 8.00. The minimum absolute atomic E-state index is 0.133. The number of nitrogens with one attached hydrogen (secondary N) is 2. The van der Waals surface area contributed by atoms with Gasteiger partial charge in [0, 0.05) is 23.7 Å². The summed E-state index contributed by atoms with van der Waals surface area (Å²) >= 11 is 5.97. The Morgan fingerprint density at radius 1 is 1.25 bits per heavy atom. The summed E-state index contributed by atoms with van der Waals surface area (Å²) in [5, 5.41) is 16.0. The first-order chi connectivity index (χ1) is 13.6. The molecule has 1 aromatic carbocycles. The highest BCUT2D eigenvalue weighted by molar-refractivity contribution is 6.29. The van der Waals surface area contributed by atoms with Gasteiger partial charge in [0.05, 0.1) is 18.0 Å². The van der Waals surface area contributed by atoms with Crippen LogP contribution in [0.3, 0.4) is 0 Å². The number of halogens is 1. The number of nitrogens with zero attached hydrogens (tertiary/aromatic N) is 1. The number of allylic oxidation sites excluding steroid dienone is 4.